The summed E-state index contributed by atoms with van der Waals surface area (Å²) in [6, 6.07) is 12.0. The Morgan fingerprint density at radius 3 is 2.53 bits per heavy atom. The summed E-state index contributed by atoms with van der Waals surface area (Å²) in [5.41, 5.74) is 2.16. The third kappa shape index (κ3) is 3.76. The van der Waals surface area contributed by atoms with Crippen molar-refractivity contribution in [2.24, 2.45) is 0 Å². The third-order valence-electron chi connectivity index (χ3n) is 4.89. The van der Waals surface area contributed by atoms with Crippen LogP contribution in [-0.2, 0) is 0 Å². The Balaban J connectivity index is 1.72. The molecule has 152 valence electrons. The number of anilines is 1. The van der Waals surface area contributed by atoms with Crippen LogP contribution >= 0.6 is 0 Å². The fraction of sp³-hybridized carbons (Fsp3) is 0.136. The van der Waals surface area contributed by atoms with Gasteiger partial charge in [0, 0.05) is 23.2 Å². The minimum atomic E-state index is -2.89. The Hall–Kier alpha value is -3.68. The van der Waals surface area contributed by atoms with Crippen LogP contribution in [0.4, 0.5) is 18.9 Å². The Kier molecular flexibility index (Phi) is 5.22. The topological polar surface area (TPSA) is 70.7 Å². The lowest BCUT2D eigenvalue weighted by Gasteiger charge is -2.19. The first-order chi connectivity index (χ1) is 14.4. The lowest BCUT2D eigenvalue weighted by molar-refractivity contribution is 0.146. The summed E-state index contributed by atoms with van der Waals surface area (Å²) in [7, 11) is 0. The number of rotatable bonds is 5. The van der Waals surface area contributed by atoms with Crippen molar-refractivity contribution < 1.29 is 13.2 Å². The number of fused-ring (bicyclic) bond motifs is 1. The summed E-state index contributed by atoms with van der Waals surface area (Å²) >= 11 is 0. The van der Waals surface area contributed by atoms with Gasteiger partial charge in [-0.25, -0.2) is 13.2 Å². The molecule has 4 rings (SSSR count). The second-order valence-electron chi connectivity index (χ2n) is 6.85. The van der Waals surface area contributed by atoms with Gasteiger partial charge in [0.2, 0.25) is 5.56 Å². The fourth-order valence-corrected chi connectivity index (χ4v) is 3.32. The number of aromatic nitrogens is 3. The van der Waals surface area contributed by atoms with Gasteiger partial charge in [0.05, 0.1) is 29.0 Å². The number of nitrogens with one attached hydrogen (secondary N) is 2. The summed E-state index contributed by atoms with van der Waals surface area (Å²) in [5.74, 6) is -0.923. The van der Waals surface area contributed by atoms with E-state index in [0.717, 1.165) is 22.6 Å². The largest absolute Gasteiger partial charge is 0.377 e. The van der Waals surface area contributed by atoms with Gasteiger partial charge in [-0.2, -0.15) is 10.2 Å². The van der Waals surface area contributed by atoms with Crippen molar-refractivity contribution in [1.29, 1.82) is 0 Å². The molecule has 0 aliphatic rings. The number of nitrogens with zero attached hydrogens (tertiary/aromatic N) is 2. The van der Waals surface area contributed by atoms with Gasteiger partial charge in [0.15, 0.2) is 0 Å². The molecule has 0 bridgehead atoms. The van der Waals surface area contributed by atoms with E-state index in [9.17, 15) is 18.0 Å². The molecule has 8 heteroatoms. The molecule has 2 heterocycles. The van der Waals surface area contributed by atoms with Crippen molar-refractivity contribution >= 4 is 16.6 Å². The van der Waals surface area contributed by atoms with E-state index in [4.69, 9.17) is 0 Å². The van der Waals surface area contributed by atoms with E-state index in [-0.39, 0.29) is 11.1 Å². The number of hydrogen-bond acceptors (Lipinski definition) is 4. The fourth-order valence-electron chi connectivity index (χ4n) is 3.32. The second kappa shape index (κ2) is 7.98. The molecule has 1 atom stereocenters. The summed E-state index contributed by atoms with van der Waals surface area (Å²) in [5, 5.41) is 12.0. The Labute approximate surface area is 169 Å². The Bertz CT molecular complexity index is 1250. The van der Waals surface area contributed by atoms with Gasteiger partial charge in [-0.05, 0) is 36.2 Å². The molecular formula is C22H17F3N4O. The van der Waals surface area contributed by atoms with E-state index in [1.807, 2.05) is 12.1 Å². The van der Waals surface area contributed by atoms with Crippen LogP contribution < -0.4 is 10.9 Å². The van der Waals surface area contributed by atoms with E-state index < -0.39 is 23.8 Å². The molecule has 5 nitrogen and oxygen atoms in total. The summed E-state index contributed by atoms with van der Waals surface area (Å²) < 4.78 is 40.6. The monoisotopic (exact) mass is 410 g/mol. The smallest absolute Gasteiger partial charge is 0.266 e. The van der Waals surface area contributed by atoms with Crippen LogP contribution in [0.3, 0.4) is 0 Å². The van der Waals surface area contributed by atoms with Crippen molar-refractivity contribution in [1.82, 2.24) is 15.2 Å². The molecule has 0 saturated carbocycles. The molecule has 0 amide bonds. The zero-order chi connectivity index (χ0) is 21.3. The van der Waals surface area contributed by atoms with E-state index in [1.165, 1.54) is 24.4 Å². The van der Waals surface area contributed by atoms with Crippen LogP contribution in [0.1, 0.15) is 30.5 Å². The molecule has 2 aromatic heterocycles. The zero-order valence-electron chi connectivity index (χ0n) is 15.9. The van der Waals surface area contributed by atoms with Crippen molar-refractivity contribution in [3.63, 3.8) is 0 Å². The number of alkyl halides is 2. The average molecular weight is 410 g/mol. The lowest BCUT2D eigenvalue weighted by atomic mass is 10.0. The SMILES string of the molecule is C[C@@H](Nc1cnnc2ccc(-c3ccc(=O)[nH]c3)cc12)c1cccc(C(F)F)c1F. The number of benzene rings is 2. The van der Waals surface area contributed by atoms with Crippen LogP contribution in [0.5, 0.6) is 0 Å². The molecule has 0 saturated heterocycles. The maximum Gasteiger partial charge on any atom is 0.266 e. The van der Waals surface area contributed by atoms with Crippen molar-refractivity contribution in [2.45, 2.75) is 19.4 Å². The van der Waals surface area contributed by atoms with Gasteiger partial charge in [-0.15, -0.1) is 0 Å². The van der Waals surface area contributed by atoms with Gasteiger partial charge >= 0.3 is 0 Å². The highest BCUT2D eigenvalue weighted by Crippen LogP contribution is 2.32. The third-order valence-corrected chi connectivity index (χ3v) is 4.89. The number of pyridine rings is 1. The molecule has 4 aromatic rings. The maximum absolute atomic E-state index is 14.5. The van der Waals surface area contributed by atoms with Crippen molar-refractivity contribution in [3.05, 3.63) is 88.2 Å². The lowest BCUT2D eigenvalue weighted by Crippen LogP contribution is -2.11. The van der Waals surface area contributed by atoms with Crippen LogP contribution in [-0.4, -0.2) is 15.2 Å². The number of hydrogen-bond donors (Lipinski definition) is 2. The molecule has 0 radical (unpaired) electrons. The summed E-state index contributed by atoms with van der Waals surface area (Å²) in [6.07, 6.45) is 0.226. The standard InChI is InChI=1S/C22H17F3N4O/c1-12(15-3-2-4-16(21(15)23)22(24)25)28-19-11-27-29-18-7-5-13(9-17(18)19)14-6-8-20(30)26-10-14/h2-12,22H,1H3,(H,26,30)(H,28,29)/t12-/m1/s1. The van der Waals surface area contributed by atoms with Crippen molar-refractivity contribution in [3.8, 4) is 11.1 Å². The molecule has 30 heavy (non-hydrogen) atoms. The second-order valence-corrected chi connectivity index (χ2v) is 6.85. The first-order valence-corrected chi connectivity index (χ1v) is 9.21. The van der Waals surface area contributed by atoms with Crippen molar-refractivity contribution in [2.75, 3.05) is 5.32 Å². The molecule has 0 fully saturated rings. The molecule has 0 aliphatic carbocycles. The van der Waals surface area contributed by atoms with Crippen LogP contribution in [0.2, 0.25) is 0 Å². The minimum absolute atomic E-state index is 0.134. The number of H-pyrrole nitrogens is 1. The van der Waals surface area contributed by atoms with Gasteiger partial charge in [0.1, 0.15) is 5.82 Å². The highest BCUT2D eigenvalue weighted by Gasteiger charge is 2.20. The number of halogens is 3. The Morgan fingerprint density at radius 2 is 1.80 bits per heavy atom. The van der Waals surface area contributed by atoms with Gasteiger partial charge in [-0.1, -0.05) is 24.3 Å². The predicted octanol–water partition coefficient (Wildman–Crippen LogP) is 5.23. The minimum Gasteiger partial charge on any atom is -0.377 e. The average Bonchev–Trinajstić information content (AvgIpc) is 2.74. The predicted molar refractivity (Wildman–Crippen MR) is 109 cm³/mol. The van der Waals surface area contributed by atoms with Crippen LogP contribution in [0.25, 0.3) is 22.0 Å². The summed E-state index contributed by atoms with van der Waals surface area (Å²) in [6.45, 7) is 1.69. The summed E-state index contributed by atoms with van der Waals surface area (Å²) in [4.78, 5) is 13.9. The maximum atomic E-state index is 14.5. The van der Waals surface area contributed by atoms with Crippen LogP contribution in [0, 0.1) is 5.82 Å². The van der Waals surface area contributed by atoms with E-state index in [0.29, 0.717) is 11.2 Å². The first-order valence-electron chi connectivity index (χ1n) is 9.21. The molecule has 0 unspecified atom stereocenters. The van der Waals surface area contributed by atoms with Gasteiger partial charge in [0.25, 0.3) is 6.43 Å². The van der Waals surface area contributed by atoms with Gasteiger partial charge < -0.3 is 10.3 Å². The highest BCUT2D eigenvalue weighted by molar-refractivity contribution is 5.93. The number of aromatic amines is 1. The Morgan fingerprint density at radius 1 is 1.03 bits per heavy atom. The molecule has 2 N–H and O–H groups in total. The molecular weight excluding hydrogens is 393 g/mol. The van der Waals surface area contributed by atoms with Crippen LogP contribution in [0.15, 0.2) is 65.7 Å². The molecule has 0 aliphatic heterocycles. The van der Waals surface area contributed by atoms with Gasteiger partial charge in [-0.3, -0.25) is 4.79 Å². The van der Waals surface area contributed by atoms with E-state index in [1.54, 1.807) is 25.3 Å². The molecule has 0 spiro atoms. The normalized spacial score (nSPS) is 12.3. The molecule has 2 aromatic carbocycles. The van der Waals surface area contributed by atoms with E-state index >= 15 is 0 Å². The first kappa shape index (κ1) is 19.6. The quantitative estimate of drug-likeness (QED) is 0.472. The zero-order valence-corrected chi connectivity index (χ0v) is 15.9. The van der Waals surface area contributed by atoms with E-state index in [2.05, 4.69) is 20.5 Å². The highest BCUT2D eigenvalue weighted by atomic mass is 19.3.